The third kappa shape index (κ3) is 3.93. The Morgan fingerprint density at radius 2 is 2.30 bits per heavy atom. The summed E-state index contributed by atoms with van der Waals surface area (Å²) < 4.78 is 1.03. The Kier molecular flexibility index (Phi) is 5.38. The number of hydrogen-bond donors (Lipinski definition) is 2. The predicted molar refractivity (Wildman–Crippen MR) is 86.2 cm³/mol. The Balaban J connectivity index is 2.02. The fourth-order valence-electron chi connectivity index (χ4n) is 1.54. The second kappa shape index (κ2) is 7.04. The Hall–Kier alpha value is -1.13. The summed E-state index contributed by atoms with van der Waals surface area (Å²) in [6.07, 6.45) is 0. The molecule has 3 nitrogen and oxygen atoms in total. The van der Waals surface area contributed by atoms with Crippen molar-refractivity contribution in [2.75, 3.05) is 6.61 Å². The van der Waals surface area contributed by atoms with Crippen molar-refractivity contribution in [2.45, 2.75) is 13.5 Å². The first-order chi connectivity index (χ1) is 9.60. The van der Waals surface area contributed by atoms with Crippen LogP contribution in [0.1, 0.15) is 25.0 Å². The molecule has 0 radical (unpaired) electrons. The SMILES string of the molecule is Cc1cc(C(=O)NCc2cc(Br)cs2)sc1C#CCO. The van der Waals surface area contributed by atoms with Gasteiger partial charge in [-0.05, 0) is 40.5 Å². The molecular weight excluding hydrogens is 358 g/mol. The maximum absolute atomic E-state index is 12.1. The molecule has 2 heterocycles. The molecule has 2 aromatic rings. The number of carbonyl (C=O) groups is 1. The van der Waals surface area contributed by atoms with E-state index in [0.717, 1.165) is 19.8 Å². The normalized spacial score (nSPS) is 9.95. The van der Waals surface area contributed by atoms with Crippen LogP contribution in [0.25, 0.3) is 0 Å². The average molecular weight is 370 g/mol. The fraction of sp³-hybridized carbons (Fsp3) is 0.214. The monoisotopic (exact) mass is 369 g/mol. The van der Waals surface area contributed by atoms with Gasteiger partial charge in [0.25, 0.3) is 5.91 Å². The zero-order valence-electron chi connectivity index (χ0n) is 10.7. The molecule has 0 bridgehead atoms. The lowest BCUT2D eigenvalue weighted by molar-refractivity contribution is 0.0955. The summed E-state index contributed by atoms with van der Waals surface area (Å²) in [4.78, 5) is 14.6. The van der Waals surface area contributed by atoms with Crippen LogP contribution in [0.4, 0.5) is 0 Å². The van der Waals surface area contributed by atoms with E-state index in [1.807, 2.05) is 24.4 Å². The van der Waals surface area contributed by atoms with Gasteiger partial charge in [-0.15, -0.1) is 22.7 Å². The maximum atomic E-state index is 12.1. The van der Waals surface area contributed by atoms with E-state index in [1.54, 1.807) is 11.3 Å². The summed E-state index contributed by atoms with van der Waals surface area (Å²) in [5.74, 6) is 5.35. The van der Waals surface area contributed by atoms with Gasteiger partial charge in [0.2, 0.25) is 0 Å². The number of aliphatic hydroxyl groups is 1. The van der Waals surface area contributed by atoms with Crippen molar-refractivity contribution in [1.82, 2.24) is 5.32 Å². The molecule has 0 atom stereocenters. The van der Waals surface area contributed by atoms with Gasteiger partial charge in [0.15, 0.2) is 0 Å². The molecule has 0 aromatic carbocycles. The van der Waals surface area contributed by atoms with Crippen molar-refractivity contribution >= 4 is 44.5 Å². The van der Waals surface area contributed by atoms with Gasteiger partial charge < -0.3 is 10.4 Å². The van der Waals surface area contributed by atoms with Crippen molar-refractivity contribution < 1.29 is 9.90 Å². The van der Waals surface area contributed by atoms with E-state index in [-0.39, 0.29) is 12.5 Å². The van der Waals surface area contributed by atoms with Crippen LogP contribution in [0.15, 0.2) is 22.0 Å². The molecule has 2 rings (SSSR count). The maximum Gasteiger partial charge on any atom is 0.261 e. The Labute approximate surface area is 133 Å². The minimum atomic E-state index is -0.174. The van der Waals surface area contributed by atoms with Crippen molar-refractivity contribution in [3.63, 3.8) is 0 Å². The highest BCUT2D eigenvalue weighted by Gasteiger charge is 2.11. The number of carbonyl (C=O) groups excluding carboxylic acids is 1. The van der Waals surface area contributed by atoms with Crippen LogP contribution in [-0.4, -0.2) is 17.6 Å². The van der Waals surface area contributed by atoms with E-state index in [9.17, 15) is 4.79 Å². The molecule has 0 aliphatic rings. The zero-order valence-corrected chi connectivity index (χ0v) is 13.9. The smallest absolute Gasteiger partial charge is 0.261 e. The summed E-state index contributed by atoms with van der Waals surface area (Å²) >= 11 is 6.33. The molecule has 0 unspecified atom stereocenters. The molecule has 0 aliphatic carbocycles. The first kappa shape index (κ1) is 15.3. The minimum absolute atomic E-state index is 0.0975. The van der Waals surface area contributed by atoms with Crippen molar-refractivity contribution in [3.05, 3.63) is 42.2 Å². The predicted octanol–water partition coefficient (Wildman–Crippen LogP) is 3.15. The van der Waals surface area contributed by atoms with E-state index in [0.29, 0.717) is 11.4 Å². The van der Waals surface area contributed by atoms with E-state index in [2.05, 4.69) is 33.1 Å². The Morgan fingerprint density at radius 3 is 2.95 bits per heavy atom. The second-order valence-corrected chi connectivity index (χ2v) is 6.96. The largest absolute Gasteiger partial charge is 0.384 e. The van der Waals surface area contributed by atoms with Gasteiger partial charge in [-0.3, -0.25) is 4.79 Å². The highest BCUT2D eigenvalue weighted by molar-refractivity contribution is 9.10. The lowest BCUT2D eigenvalue weighted by Gasteiger charge is -2.00. The van der Waals surface area contributed by atoms with E-state index < -0.39 is 0 Å². The zero-order chi connectivity index (χ0) is 14.5. The molecule has 2 N–H and O–H groups in total. The average Bonchev–Trinajstić information content (AvgIpc) is 3.00. The number of hydrogen-bond acceptors (Lipinski definition) is 4. The summed E-state index contributed by atoms with van der Waals surface area (Å²) in [6.45, 7) is 2.25. The number of rotatable bonds is 3. The van der Waals surface area contributed by atoms with Crippen molar-refractivity contribution in [2.24, 2.45) is 0 Å². The number of aryl methyl sites for hydroxylation is 1. The summed E-state index contributed by atoms with van der Waals surface area (Å²) in [5.41, 5.74) is 0.958. The Morgan fingerprint density at radius 1 is 1.50 bits per heavy atom. The van der Waals surface area contributed by atoms with Gasteiger partial charge in [0.05, 0.1) is 16.3 Å². The van der Waals surface area contributed by atoms with Crippen molar-refractivity contribution in [1.29, 1.82) is 0 Å². The summed E-state index contributed by atoms with van der Waals surface area (Å²) in [7, 11) is 0. The van der Waals surface area contributed by atoms with Gasteiger partial charge in [-0.2, -0.15) is 0 Å². The quantitative estimate of drug-likeness (QED) is 0.816. The molecule has 104 valence electrons. The molecule has 0 saturated heterocycles. The van der Waals surface area contributed by atoms with Gasteiger partial charge in [0, 0.05) is 14.7 Å². The molecule has 20 heavy (non-hydrogen) atoms. The van der Waals surface area contributed by atoms with Crippen LogP contribution in [-0.2, 0) is 6.54 Å². The molecule has 0 saturated carbocycles. The van der Waals surface area contributed by atoms with E-state index in [1.165, 1.54) is 11.3 Å². The van der Waals surface area contributed by atoms with Gasteiger partial charge in [-0.1, -0.05) is 11.8 Å². The third-order valence-corrected chi connectivity index (χ3v) is 5.32. The van der Waals surface area contributed by atoms with Crippen LogP contribution in [0.5, 0.6) is 0 Å². The summed E-state index contributed by atoms with van der Waals surface area (Å²) in [5, 5.41) is 13.6. The molecule has 2 aromatic heterocycles. The molecule has 0 spiro atoms. The fourth-order valence-corrected chi connectivity index (χ4v) is 3.89. The van der Waals surface area contributed by atoms with Gasteiger partial charge in [0.1, 0.15) is 6.61 Å². The molecule has 0 fully saturated rings. The van der Waals surface area contributed by atoms with E-state index in [4.69, 9.17) is 5.11 Å². The lowest BCUT2D eigenvalue weighted by Crippen LogP contribution is -2.21. The molecule has 1 amide bonds. The summed E-state index contributed by atoms with van der Waals surface area (Å²) in [6, 6.07) is 3.81. The number of halogens is 1. The molecule has 6 heteroatoms. The van der Waals surface area contributed by atoms with Crippen LogP contribution in [0.2, 0.25) is 0 Å². The van der Waals surface area contributed by atoms with Crippen molar-refractivity contribution in [3.8, 4) is 11.8 Å². The van der Waals surface area contributed by atoms with Crippen LogP contribution < -0.4 is 5.32 Å². The number of amides is 1. The minimum Gasteiger partial charge on any atom is -0.384 e. The first-order valence-corrected chi connectivity index (χ1v) is 8.30. The highest BCUT2D eigenvalue weighted by atomic mass is 79.9. The number of aliphatic hydroxyl groups excluding tert-OH is 1. The van der Waals surface area contributed by atoms with Crippen LogP contribution in [0, 0.1) is 18.8 Å². The van der Waals surface area contributed by atoms with E-state index >= 15 is 0 Å². The highest BCUT2D eigenvalue weighted by Crippen LogP contribution is 2.22. The Bertz CT molecular complexity index is 679. The second-order valence-electron chi connectivity index (χ2n) is 4.00. The lowest BCUT2D eigenvalue weighted by atomic mass is 10.2. The topological polar surface area (TPSA) is 49.3 Å². The number of nitrogens with one attached hydrogen (secondary N) is 1. The van der Waals surface area contributed by atoms with Crippen LogP contribution in [0.3, 0.4) is 0 Å². The first-order valence-electron chi connectivity index (χ1n) is 5.81. The molecular formula is C14H12BrNO2S2. The molecule has 0 aliphatic heterocycles. The van der Waals surface area contributed by atoms with Gasteiger partial charge in [-0.25, -0.2) is 0 Å². The van der Waals surface area contributed by atoms with Gasteiger partial charge >= 0.3 is 0 Å². The standard InChI is InChI=1S/C14H12BrNO2S2/c1-9-5-13(20-12(9)3-2-4-17)14(18)16-7-11-6-10(15)8-19-11/h5-6,8,17H,4,7H2,1H3,(H,16,18). The third-order valence-electron chi connectivity index (χ3n) is 2.47. The van der Waals surface area contributed by atoms with Crippen LogP contribution >= 0.6 is 38.6 Å². The number of thiophene rings is 2.